The Balaban J connectivity index is 1.81. The molecule has 0 bridgehead atoms. The summed E-state index contributed by atoms with van der Waals surface area (Å²) < 4.78 is 0. The topological polar surface area (TPSA) is 74.8 Å². The molecule has 0 spiro atoms. The van der Waals surface area contributed by atoms with Gasteiger partial charge in [-0.15, -0.1) is 0 Å². The van der Waals surface area contributed by atoms with E-state index >= 15 is 0 Å². The lowest BCUT2D eigenvalue weighted by molar-refractivity contribution is -0.00680. The molecule has 1 aliphatic heterocycles. The molecule has 0 saturated heterocycles. The van der Waals surface area contributed by atoms with Gasteiger partial charge in [0.15, 0.2) is 5.78 Å². The predicted molar refractivity (Wildman–Crippen MR) is 125 cm³/mol. The number of carbonyl (C=O) groups is 4. The molecule has 166 valence electrons. The van der Waals surface area contributed by atoms with Crippen LogP contribution in [-0.4, -0.2) is 39.6 Å². The second kappa shape index (κ2) is 8.98. The van der Waals surface area contributed by atoms with Gasteiger partial charge in [0, 0.05) is 15.6 Å². The quantitative estimate of drug-likeness (QED) is 0.338. The highest BCUT2D eigenvalue weighted by Gasteiger charge is 2.45. The first kappa shape index (κ1) is 23.0. The van der Waals surface area contributed by atoms with E-state index in [-0.39, 0.29) is 27.3 Å². The van der Waals surface area contributed by atoms with E-state index < -0.39 is 29.5 Å². The van der Waals surface area contributed by atoms with Crippen molar-refractivity contribution in [1.82, 2.24) is 10.0 Å². The third-order valence-electron chi connectivity index (χ3n) is 5.23. The minimum Gasteiger partial charge on any atom is -0.292 e. The third kappa shape index (κ3) is 4.13. The third-order valence-corrected chi connectivity index (χ3v) is 6.03. The lowest BCUT2D eigenvalue weighted by Gasteiger charge is -2.34. The fourth-order valence-corrected chi connectivity index (χ4v) is 4.18. The fourth-order valence-electron chi connectivity index (χ4n) is 3.56. The van der Waals surface area contributed by atoms with Gasteiger partial charge in [0.1, 0.15) is 6.04 Å². The Morgan fingerprint density at radius 2 is 1.36 bits per heavy atom. The Morgan fingerprint density at radius 3 is 1.91 bits per heavy atom. The van der Waals surface area contributed by atoms with Crippen molar-refractivity contribution in [1.29, 1.82) is 0 Å². The highest BCUT2D eigenvalue weighted by molar-refractivity contribution is 6.37. The molecule has 0 saturated carbocycles. The number of Topliss-reactive ketones (excluding diaryl/α,β-unsaturated/α-hetero) is 1. The molecule has 1 aliphatic rings. The number of imide groups is 1. The molecule has 0 aromatic heterocycles. The zero-order valence-corrected chi connectivity index (χ0v) is 19.4. The Hall–Kier alpha value is -3.19. The first-order valence-electron chi connectivity index (χ1n) is 9.77. The lowest BCUT2D eigenvalue weighted by atomic mass is 10.0. The normalized spacial score (nSPS) is 13.6. The molecule has 9 heteroatoms. The fraction of sp³-hybridized carbons (Fsp3) is 0.0833. The van der Waals surface area contributed by atoms with E-state index in [1.807, 2.05) is 0 Å². The molecule has 0 N–H and O–H groups in total. The second-order valence-corrected chi connectivity index (χ2v) is 8.57. The van der Waals surface area contributed by atoms with Gasteiger partial charge in [-0.25, -0.2) is 5.01 Å². The first-order valence-corrected chi connectivity index (χ1v) is 10.9. The van der Waals surface area contributed by atoms with Crippen LogP contribution in [0.15, 0.2) is 66.7 Å². The molecule has 0 fully saturated rings. The number of carbonyl (C=O) groups excluding carboxylic acids is 4. The van der Waals surface area contributed by atoms with Crippen LogP contribution in [0.3, 0.4) is 0 Å². The van der Waals surface area contributed by atoms with Crippen LogP contribution in [0.5, 0.6) is 0 Å². The standard InChI is InChI=1S/C24H15Cl3N2O4/c1-13(21(30)14-6-8-15(25)9-7-14)28(24(33)19-11-10-16(26)12-20(19)27)29-22(31)17-4-2-3-5-18(17)23(29)32/h2-13H,1H3/t13-/m1/s1. The summed E-state index contributed by atoms with van der Waals surface area (Å²) in [6.45, 7) is 1.43. The van der Waals surface area contributed by atoms with Gasteiger partial charge in [-0.2, -0.15) is 5.01 Å². The van der Waals surface area contributed by atoms with Crippen LogP contribution >= 0.6 is 34.8 Å². The molecule has 1 heterocycles. The van der Waals surface area contributed by atoms with Crippen molar-refractivity contribution < 1.29 is 19.2 Å². The van der Waals surface area contributed by atoms with Crippen molar-refractivity contribution in [3.63, 3.8) is 0 Å². The summed E-state index contributed by atoms with van der Waals surface area (Å²) in [5.41, 5.74) is 0.499. The highest BCUT2D eigenvalue weighted by atomic mass is 35.5. The number of amides is 3. The minimum absolute atomic E-state index is 0.0141. The summed E-state index contributed by atoms with van der Waals surface area (Å²) in [5.74, 6) is -2.74. The lowest BCUT2D eigenvalue weighted by Crippen LogP contribution is -2.56. The van der Waals surface area contributed by atoms with E-state index in [2.05, 4.69) is 0 Å². The maximum Gasteiger partial charge on any atom is 0.280 e. The Bertz CT molecular complexity index is 1270. The Morgan fingerprint density at radius 1 is 0.818 bits per heavy atom. The maximum atomic E-state index is 13.6. The van der Waals surface area contributed by atoms with Crippen molar-refractivity contribution >= 4 is 58.3 Å². The van der Waals surface area contributed by atoms with Crippen LogP contribution in [0.2, 0.25) is 15.1 Å². The van der Waals surface area contributed by atoms with Crippen LogP contribution < -0.4 is 0 Å². The summed E-state index contributed by atoms with van der Waals surface area (Å²) in [7, 11) is 0. The molecular formula is C24H15Cl3N2O4. The molecule has 1 atom stereocenters. The highest BCUT2D eigenvalue weighted by Crippen LogP contribution is 2.30. The summed E-state index contributed by atoms with van der Waals surface area (Å²) in [5, 5.41) is 2.28. The molecule has 4 rings (SSSR count). The Kier molecular flexibility index (Phi) is 6.26. The first-order chi connectivity index (χ1) is 15.7. The van der Waals surface area contributed by atoms with E-state index in [1.165, 1.54) is 61.5 Å². The predicted octanol–water partition coefficient (Wildman–Crippen LogP) is 5.57. The summed E-state index contributed by atoms with van der Waals surface area (Å²) in [6, 6.07) is 15.2. The van der Waals surface area contributed by atoms with Crippen molar-refractivity contribution in [2.45, 2.75) is 13.0 Å². The van der Waals surface area contributed by atoms with Gasteiger partial charge in [-0.3, -0.25) is 19.2 Å². The van der Waals surface area contributed by atoms with Crippen molar-refractivity contribution in [3.8, 4) is 0 Å². The minimum atomic E-state index is -1.23. The van der Waals surface area contributed by atoms with Crippen LogP contribution in [-0.2, 0) is 0 Å². The summed E-state index contributed by atoms with van der Waals surface area (Å²) >= 11 is 18.1. The van der Waals surface area contributed by atoms with Gasteiger partial charge in [-0.1, -0.05) is 46.9 Å². The van der Waals surface area contributed by atoms with E-state index in [4.69, 9.17) is 34.8 Å². The number of hydrogen-bond acceptors (Lipinski definition) is 4. The maximum absolute atomic E-state index is 13.6. The van der Waals surface area contributed by atoms with Crippen molar-refractivity contribution in [2.75, 3.05) is 0 Å². The number of halogens is 3. The average molecular weight is 502 g/mol. The Labute approximate surface area is 204 Å². The molecule has 0 radical (unpaired) electrons. The number of rotatable bonds is 5. The van der Waals surface area contributed by atoms with E-state index in [0.717, 1.165) is 5.01 Å². The van der Waals surface area contributed by atoms with Gasteiger partial charge >= 0.3 is 0 Å². The summed E-state index contributed by atoms with van der Waals surface area (Å²) in [6.07, 6.45) is 0. The van der Waals surface area contributed by atoms with Crippen molar-refractivity contribution in [2.24, 2.45) is 0 Å². The number of benzene rings is 3. The molecule has 3 amide bonds. The largest absolute Gasteiger partial charge is 0.292 e. The molecular weight excluding hydrogens is 487 g/mol. The smallest absolute Gasteiger partial charge is 0.280 e. The van der Waals surface area contributed by atoms with Gasteiger partial charge in [0.05, 0.1) is 21.7 Å². The van der Waals surface area contributed by atoms with Crippen LogP contribution in [0.25, 0.3) is 0 Å². The van der Waals surface area contributed by atoms with Crippen LogP contribution in [0, 0.1) is 0 Å². The molecule has 0 aliphatic carbocycles. The van der Waals surface area contributed by atoms with Crippen LogP contribution in [0.4, 0.5) is 0 Å². The van der Waals surface area contributed by atoms with Crippen LogP contribution in [0.1, 0.15) is 48.4 Å². The molecule has 3 aromatic carbocycles. The SMILES string of the molecule is C[C@H](C(=O)c1ccc(Cl)cc1)N(C(=O)c1ccc(Cl)cc1Cl)N1C(=O)c2ccccc2C1=O. The molecule has 0 unspecified atom stereocenters. The van der Waals surface area contributed by atoms with Gasteiger partial charge < -0.3 is 0 Å². The zero-order valence-electron chi connectivity index (χ0n) is 17.1. The number of fused-ring (bicyclic) bond motifs is 1. The molecule has 3 aromatic rings. The monoisotopic (exact) mass is 500 g/mol. The van der Waals surface area contributed by atoms with Crippen molar-refractivity contribution in [3.05, 3.63) is 104 Å². The molecule has 6 nitrogen and oxygen atoms in total. The van der Waals surface area contributed by atoms with E-state index in [1.54, 1.807) is 12.1 Å². The number of ketones is 1. The summed E-state index contributed by atoms with van der Waals surface area (Å²) in [4.78, 5) is 53.2. The average Bonchev–Trinajstić information content (AvgIpc) is 3.04. The van der Waals surface area contributed by atoms with E-state index in [9.17, 15) is 19.2 Å². The van der Waals surface area contributed by atoms with Gasteiger partial charge in [-0.05, 0) is 61.5 Å². The second-order valence-electron chi connectivity index (χ2n) is 7.29. The zero-order chi connectivity index (χ0) is 23.9. The number of nitrogens with zero attached hydrogens (tertiary/aromatic N) is 2. The van der Waals surface area contributed by atoms with Gasteiger partial charge in [0.2, 0.25) is 0 Å². The van der Waals surface area contributed by atoms with Gasteiger partial charge in [0.25, 0.3) is 17.7 Å². The number of hydrazine groups is 1. The van der Waals surface area contributed by atoms with E-state index in [0.29, 0.717) is 15.1 Å². The molecule has 33 heavy (non-hydrogen) atoms. The number of hydrogen-bond donors (Lipinski definition) is 0.